The molecule has 124 valence electrons. The van der Waals surface area contributed by atoms with Crippen molar-refractivity contribution < 1.29 is 24.2 Å². The zero-order valence-corrected chi connectivity index (χ0v) is 14.1. The number of halogens is 1. The third-order valence-corrected chi connectivity index (χ3v) is 4.76. The van der Waals surface area contributed by atoms with Gasteiger partial charge in [0.15, 0.2) is 0 Å². The van der Waals surface area contributed by atoms with Crippen molar-refractivity contribution >= 4 is 27.8 Å². The van der Waals surface area contributed by atoms with Crippen molar-refractivity contribution in [3.8, 4) is 0 Å². The monoisotopic (exact) mass is 383 g/mol. The smallest absolute Gasteiger partial charge is 0.335 e. The fourth-order valence-corrected chi connectivity index (χ4v) is 3.62. The molecule has 7 heteroatoms. The van der Waals surface area contributed by atoms with Gasteiger partial charge in [0.1, 0.15) is 0 Å². The first kappa shape index (κ1) is 16.4. The van der Waals surface area contributed by atoms with E-state index < -0.39 is 5.97 Å². The lowest BCUT2D eigenvalue weighted by atomic mass is 9.89. The van der Waals surface area contributed by atoms with E-state index in [1.54, 1.807) is 6.07 Å². The molecule has 1 amide bonds. The van der Waals surface area contributed by atoms with Crippen molar-refractivity contribution in [3.05, 3.63) is 33.8 Å². The highest BCUT2D eigenvalue weighted by Crippen LogP contribution is 2.33. The standard InChI is InChI=1S/C16H18BrNO5/c17-12-6-10(5-11(7-12)15(20)21)14(19)18-13-1-3-23-16(8-13)2-4-22-9-16/h5-7,13H,1-4,8-9H2,(H,18,19)(H,20,21). The van der Waals surface area contributed by atoms with Crippen LogP contribution in [0.5, 0.6) is 0 Å². The van der Waals surface area contributed by atoms with Gasteiger partial charge in [-0.3, -0.25) is 4.79 Å². The molecule has 2 aliphatic rings. The van der Waals surface area contributed by atoms with Crippen LogP contribution < -0.4 is 5.32 Å². The number of nitrogens with one attached hydrogen (secondary N) is 1. The third-order valence-electron chi connectivity index (χ3n) is 4.30. The van der Waals surface area contributed by atoms with E-state index in [1.165, 1.54) is 12.1 Å². The van der Waals surface area contributed by atoms with Gasteiger partial charge in [-0.25, -0.2) is 4.79 Å². The van der Waals surface area contributed by atoms with Crippen LogP contribution in [0.1, 0.15) is 40.0 Å². The number of hydrogen-bond acceptors (Lipinski definition) is 4. The van der Waals surface area contributed by atoms with E-state index in [0.29, 0.717) is 29.9 Å². The normalized spacial score (nSPS) is 27.1. The maximum atomic E-state index is 12.4. The van der Waals surface area contributed by atoms with E-state index in [1.807, 2.05) is 0 Å². The molecule has 0 aromatic heterocycles. The molecule has 23 heavy (non-hydrogen) atoms. The number of amides is 1. The van der Waals surface area contributed by atoms with Crippen molar-refractivity contribution in [1.82, 2.24) is 5.32 Å². The maximum absolute atomic E-state index is 12.4. The first-order chi connectivity index (χ1) is 11.0. The molecule has 2 heterocycles. The Labute approximate surface area is 142 Å². The van der Waals surface area contributed by atoms with E-state index in [0.717, 1.165) is 19.3 Å². The molecule has 0 aliphatic carbocycles. The molecule has 2 unspecified atom stereocenters. The van der Waals surface area contributed by atoms with Gasteiger partial charge in [0.25, 0.3) is 5.91 Å². The number of carboxylic acid groups (broad SMARTS) is 1. The molecule has 0 bridgehead atoms. The third kappa shape index (κ3) is 3.73. The summed E-state index contributed by atoms with van der Waals surface area (Å²) in [6.45, 7) is 1.85. The molecule has 1 spiro atoms. The summed E-state index contributed by atoms with van der Waals surface area (Å²) >= 11 is 3.24. The molecule has 0 saturated carbocycles. The Morgan fingerprint density at radius 1 is 1.26 bits per heavy atom. The molecule has 1 aromatic rings. The molecule has 2 aliphatic heterocycles. The van der Waals surface area contributed by atoms with Crippen LogP contribution in [0.2, 0.25) is 0 Å². The number of rotatable bonds is 3. The van der Waals surface area contributed by atoms with Gasteiger partial charge in [0, 0.05) is 35.7 Å². The van der Waals surface area contributed by atoms with E-state index in [4.69, 9.17) is 14.6 Å². The molecule has 2 atom stereocenters. The van der Waals surface area contributed by atoms with E-state index >= 15 is 0 Å². The second-order valence-electron chi connectivity index (χ2n) is 6.03. The first-order valence-corrected chi connectivity index (χ1v) is 8.33. The van der Waals surface area contributed by atoms with E-state index in [-0.39, 0.29) is 23.1 Å². The van der Waals surface area contributed by atoms with Crippen LogP contribution in [0.4, 0.5) is 0 Å². The summed E-state index contributed by atoms with van der Waals surface area (Å²) in [7, 11) is 0. The summed E-state index contributed by atoms with van der Waals surface area (Å²) in [5, 5.41) is 12.1. The molecule has 3 rings (SSSR count). The average Bonchev–Trinajstić information content (AvgIpc) is 2.94. The Bertz CT molecular complexity index is 627. The number of ether oxygens (including phenoxy) is 2. The minimum absolute atomic E-state index is 0.00482. The SMILES string of the molecule is O=C(O)c1cc(Br)cc(C(=O)NC2CCOC3(CCOC3)C2)c1. The van der Waals surface area contributed by atoms with Gasteiger partial charge in [-0.15, -0.1) is 0 Å². The molecular weight excluding hydrogens is 366 g/mol. The van der Waals surface area contributed by atoms with Crippen LogP contribution in [0.3, 0.4) is 0 Å². The van der Waals surface area contributed by atoms with Gasteiger partial charge in [-0.05, 0) is 31.0 Å². The molecule has 2 N–H and O–H groups in total. The number of aromatic carboxylic acids is 1. The Kier molecular flexibility index (Phi) is 4.70. The average molecular weight is 384 g/mol. The zero-order valence-electron chi connectivity index (χ0n) is 12.5. The van der Waals surface area contributed by atoms with Crippen molar-refractivity contribution in [1.29, 1.82) is 0 Å². The van der Waals surface area contributed by atoms with E-state index in [2.05, 4.69) is 21.2 Å². The minimum Gasteiger partial charge on any atom is -0.478 e. The first-order valence-electron chi connectivity index (χ1n) is 7.54. The second-order valence-corrected chi connectivity index (χ2v) is 6.95. The predicted octanol–water partition coefficient (Wildman–Crippen LogP) is 2.22. The summed E-state index contributed by atoms with van der Waals surface area (Å²) in [6, 6.07) is 4.48. The molecule has 1 aromatic carbocycles. The van der Waals surface area contributed by atoms with Crippen LogP contribution in [0.15, 0.2) is 22.7 Å². The predicted molar refractivity (Wildman–Crippen MR) is 85.7 cm³/mol. The van der Waals surface area contributed by atoms with Crippen LogP contribution in [-0.4, -0.2) is 48.4 Å². The van der Waals surface area contributed by atoms with Gasteiger partial charge in [-0.1, -0.05) is 15.9 Å². The van der Waals surface area contributed by atoms with Gasteiger partial charge in [-0.2, -0.15) is 0 Å². The van der Waals surface area contributed by atoms with Crippen LogP contribution >= 0.6 is 15.9 Å². The molecule has 0 radical (unpaired) electrons. The maximum Gasteiger partial charge on any atom is 0.335 e. The van der Waals surface area contributed by atoms with Gasteiger partial charge in [0.2, 0.25) is 0 Å². The number of carboxylic acids is 1. The van der Waals surface area contributed by atoms with Crippen molar-refractivity contribution in [3.63, 3.8) is 0 Å². The number of carbonyl (C=O) groups excluding carboxylic acids is 1. The highest BCUT2D eigenvalue weighted by molar-refractivity contribution is 9.10. The van der Waals surface area contributed by atoms with Crippen molar-refractivity contribution in [2.24, 2.45) is 0 Å². The van der Waals surface area contributed by atoms with Crippen molar-refractivity contribution in [2.75, 3.05) is 19.8 Å². The van der Waals surface area contributed by atoms with Crippen LogP contribution in [0.25, 0.3) is 0 Å². The van der Waals surface area contributed by atoms with Crippen molar-refractivity contribution in [2.45, 2.75) is 30.9 Å². The topological polar surface area (TPSA) is 84.9 Å². The highest BCUT2D eigenvalue weighted by Gasteiger charge is 2.41. The Balaban J connectivity index is 1.70. The summed E-state index contributed by atoms with van der Waals surface area (Å²) in [6.07, 6.45) is 2.31. The summed E-state index contributed by atoms with van der Waals surface area (Å²) in [4.78, 5) is 23.6. The van der Waals surface area contributed by atoms with E-state index in [9.17, 15) is 9.59 Å². The molecule has 2 fully saturated rings. The summed E-state index contributed by atoms with van der Waals surface area (Å²) in [5.74, 6) is -1.33. The highest BCUT2D eigenvalue weighted by atomic mass is 79.9. The van der Waals surface area contributed by atoms with Crippen LogP contribution in [0, 0.1) is 0 Å². The molecule has 6 nitrogen and oxygen atoms in total. The van der Waals surface area contributed by atoms with Gasteiger partial charge >= 0.3 is 5.97 Å². The fraction of sp³-hybridized carbons (Fsp3) is 0.500. The lowest BCUT2D eigenvalue weighted by Crippen LogP contribution is -2.49. The number of hydrogen-bond donors (Lipinski definition) is 2. The summed E-state index contributed by atoms with van der Waals surface area (Å²) in [5.41, 5.74) is 0.136. The number of benzene rings is 1. The Morgan fingerprint density at radius 2 is 2.04 bits per heavy atom. The fourth-order valence-electron chi connectivity index (χ4n) is 3.13. The quantitative estimate of drug-likeness (QED) is 0.835. The Morgan fingerprint density at radius 3 is 2.74 bits per heavy atom. The minimum atomic E-state index is -1.06. The summed E-state index contributed by atoms with van der Waals surface area (Å²) < 4.78 is 11.8. The number of carbonyl (C=O) groups is 2. The van der Waals surface area contributed by atoms with Gasteiger partial charge in [0.05, 0.1) is 17.8 Å². The second kappa shape index (κ2) is 6.59. The molecular formula is C16H18BrNO5. The lowest BCUT2D eigenvalue weighted by molar-refractivity contribution is -0.0881. The van der Waals surface area contributed by atoms with Gasteiger partial charge < -0.3 is 19.9 Å². The lowest BCUT2D eigenvalue weighted by Gasteiger charge is -2.37. The molecule has 2 saturated heterocycles. The largest absolute Gasteiger partial charge is 0.478 e. The Hall–Kier alpha value is -1.44. The zero-order chi connectivity index (χ0) is 16.4. The van der Waals surface area contributed by atoms with Crippen LogP contribution in [-0.2, 0) is 9.47 Å².